The van der Waals surface area contributed by atoms with Crippen molar-refractivity contribution in [2.75, 3.05) is 24.3 Å². The van der Waals surface area contributed by atoms with Crippen LogP contribution >= 0.6 is 0 Å². The number of benzene rings is 1. The molecule has 1 N–H and O–H groups in total. The maximum absolute atomic E-state index is 11.5. The summed E-state index contributed by atoms with van der Waals surface area (Å²) in [7, 11) is 3.93. The summed E-state index contributed by atoms with van der Waals surface area (Å²) < 4.78 is 0. The van der Waals surface area contributed by atoms with Crippen LogP contribution in [0.4, 0.5) is 11.4 Å². The topological polar surface area (TPSA) is 32.3 Å². The molecule has 0 saturated carbocycles. The molecule has 0 heterocycles. The lowest BCUT2D eigenvalue weighted by Crippen LogP contribution is -2.16. The minimum atomic E-state index is 0.0757. The average Bonchev–Trinajstić information content (AvgIpc) is 2.18. The van der Waals surface area contributed by atoms with Crippen LogP contribution < -0.4 is 10.2 Å². The Morgan fingerprint density at radius 3 is 2.60 bits per heavy atom. The second-order valence-electron chi connectivity index (χ2n) is 3.71. The molecule has 0 radical (unpaired) electrons. The molecule has 0 saturated heterocycles. The highest BCUT2D eigenvalue weighted by Crippen LogP contribution is 2.23. The Hall–Kier alpha value is -1.51. The molecule has 82 valence electrons. The van der Waals surface area contributed by atoms with Gasteiger partial charge in [-0.25, -0.2) is 0 Å². The summed E-state index contributed by atoms with van der Waals surface area (Å²) in [6.45, 7) is 2.00. The van der Waals surface area contributed by atoms with E-state index in [9.17, 15) is 4.79 Å². The number of carbonyl (C=O) groups excluding carboxylic acids is 1. The molecule has 0 atom stereocenters. The van der Waals surface area contributed by atoms with Gasteiger partial charge in [0.2, 0.25) is 5.91 Å². The van der Waals surface area contributed by atoms with E-state index in [1.54, 1.807) is 0 Å². The highest BCUT2D eigenvalue weighted by molar-refractivity contribution is 5.94. The quantitative estimate of drug-likeness (QED) is 0.820. The lowest BCUT2D eigenvalue weighted by molar-refractivity contribution is -0.116. The van der Waals surface area contributed by atoms with E-state index < -0.39 is 0 Å². The first kappa shape index (κ1) is 11.6. The van der Waals surface area contributed by atoms with E-state index in [1.807, 2.05) is 50.2 Å². The molecule has 0 aliphatic heterocycles. The van der Waals surface area contributed by atoms with Gasteiger partial charge in [-0.05, 0) is 18.6 Å². The van der Waals surface area contributed by atoms with Gasteiger partial charge < -0.3 is 10.2 Å². The molecular weight excluding hydrogens is 188 g/mol. The van der Waals surface area contributed by atoms with Gasteiger partial charge in [0.25, 0.3) is 0 Å². The Labute approximate surface area is 91.1 Å². The third-order valence-corrected chi connectivity index (χ3v) is 2.14. The summed E-state index contributed by atoms with van der Waals surface area (Å²) in [5.74, 6) is 0.0757. The predicted molar refractivity (Wildman–Crippen MR) is 64.3 cm³/mol. The third-order valence-electron chi connectivity index (χ3n) is 2.14. The van der Waals surface area contributed by atoms with E-state index in [1.165, 1.54) is 0 Å². The highest BCUT2D eigenvalue weighted by atomic mass is 16.1. The minimum absolute atomic E-state index is 0.0757. The fourth-order valence-corrected chi connectivity index (χ4v) is 1.41. The molecule has 0 aliphatic rings. The molecular formula is C12H18N2O. The van der Waals surface area contributed by atoms with Gasteiger partial charge in [-0.1, -0.05) is 19.1 Å². The van der Waals surface area contributed by atoms with Crippen LogP contribution in [0.1, 0.15) is 19.8 Å². The van der Waals surface area contributed by atoms with Crippen LogP contribution in [-0.4, -0.2) is 20.0 Å². The first-order valence-corrected chi connectivity index (χ1v) is 5.21. The summed E-state index contributed by atoms with van der Waals surface area (Å²) >= 11 is 0. The number of nitrogens with zero attached hydrogens (tertiary/aromatic N) is 1. The Kier molecular flexibility index (Phi) is 4.16. The van der Waals surface area contributed by atoms with Gasteiger partial charge in [-0.3, -0.25) is 4.79 Å². The zero-order chi connectivity index (χ0) is 11.3. The molecule has 0 aliphatic carbocycles. The zero-order valence-corrected chi connectivity index (χ0v) is 9.58. The van der Waals surface area contributed by atoms with Crippen LogP contribution in [0.3, 0.4) is 0 Å². The largest absolute Gasteiger partial charge is 0.376 e. The summed E-state index contributed by atoms with van der Waals surface area (Å²) in [5.41, 5.74) is 1.91. The average molecular weight is 206 g/mol. The van der Waals surface area contributed by atoms with Gasteiger partial charge in [0.1, 0.15) is 0 Å². The summed E-state index contributed by atoms with van der Waals surface area (Å²) in [6.07, 6.45) is 1.44. The van der Waals surface area contributed by atoms with Crippen molar-refractivity contribution in [3.63, 3.8) is 0 Å². The van der Waals surface area contributed by atoms with E-state index >= 15 is 0 Å². The molecule has 15 heavy (non-hydrogen) atoms. The number of nitrogens with one attached hydrogen (secondary N) is 1. The Balaban J connectivity index is 2.80. The van der Waals surface area contributed by atoms with Crippen molar-refractivity contribution in [2.45, 2.75) is 19.8 Å². The molecule has 0 bridgehead atoms. The first-order valence-electron chi connectivity index (χ1n) is 5.21. The molecule has 0 fully saturated rings. The predicted octanol–water partition coefficient (Wildman–Crippen LogP) is 2.49. The fraction of sp³-hybridized carbons (Fsp3) is 0.417. The third kappa shape index (κ3) is 3.27. The van der Waals surface area contributed by atoms with Crippen molar-refractivity contribution in [1.29, 1.82) is 0 Å². The van der Waals surface area contributed by atoms with Gasteiger partial charge in [0.05, 0.1) is 11.4 Å². The van der Waals surface area contributed by atoms with Crippen molar-refractivity contribution < 1.29 is 4.79 Å². The van der Waals surface area contributed by atoms with Crippen molar-refractivity contribution >= 4 is 17.3 Å². The number of hydrogen-bond acceptors (Lipinski definition) is 2. The summed E-state index contributed by atoms with van der Waals surface area (Å²) in [4.78, 5) is 13.4. The van der Waals surface area contributed by atoms with Gasteiger partial charge >= 0.3 is 0 Å². The summed E-state index contributed by atoms with van der Waals surface area (Å²) in [5, 5.41) is 2.91. The lowest BCUT2D eigenvalue weighted by atomic mass is 10.2. The number of rotatable bonds is 4. The number of amides is 1. The Morgan fingerprint density at radius 1 is 1.33 bits per heavy atom. The van der Waals surface area contributed by atoms with Crippen LogP contribution in [0, 0.1) is 0 Å². The molecule has 0 spiro atoms. The molecule has 3 heteroatoms. The second-order valence-corrected chi connectivity index (χ2v) is 3.71. The highest BCUT2D eigenvalue weighted by Gasteiger charge is 2.06. The standard InChI is InChI=1S/C12H18N2O/c1-4-7-12(15)13-10-8-5-6-9-11(10)14(2)3/h5-6,8-9H,4,7H2,1-3H3,(H,13,15). The maximum Gasteiger partial charge on any atom is 0.224 e. The van der Waals surface area contributed by atoms with Crippen molar-refractivity contribution in [3.8, 4) is 0 Å². The first-order chi connectivity index (χ1) is 7.15. The van der Waals surface area contributed by atoms with E-state index in [4.69, 9.17) is 0 Å². The van der Waals surface area contributed by atoms with Crippen LogP contribution in [0.15, 0.2) is 24.3 Å². The Bertz CT molecular complexity index is 334. The number of para-hydroxylation sites is 2. The minimum Gasteiger partial charge on any atom is -0.376 e. The van der Waals surface area contributed by atoms with E-state index in [2.05, 4.69) is 5.32 Å². The van der Waals surface area contributed by atoms with Gasteiger partial charge in [-0.2, -0.15) is 0 Å². The molecule has 1 amide bonds. The molecule has 3 nitrogen and oxygen atoms in total. The molecule has 0 unspecified atom stereocenters. The molecule has 1 aromatic carbocycles. The van der Waals surface area contributed by atoms with Crippen LogP contribution in [0.2, 0.25) is 0 Å². The van der Waals surface area contributed by atoms with Crippen molar-refractivity contribution in [2.24, 2.45) is 0 Å². The van der Waals surface area contributed by atoms with Gasteiger partial charge in [-0.15, -0.1) is 0 Å². The zero-order valence-electron chi connectivity index (χ0n) is 9.58. The summed E-state index contributed by atoms with van der Waals surface area (Å²) in [6, 6.07) is 7.80. The van der Waals surface area contributed by atoms with E-state index in [0.717, 1.165) is 17.8 Å². The monoisotopic (exact) mass is 206 g/mol. The van der Waals surface area contributed by atoms with Gasteiger partial charge in [0, 0.05) is 20.5 Å². The van der Waals surface area contributed by atoms with E-state index in [0.29, 0.717) is 6.42 Å². The fourth-order valence-electron chi connectivity index (χ4n) is 1.41. The number of anilines is 2. The molecule has 0 aromatic heterocycles. The smallest absolute Gasteiger partial charge is 0.224 e. The van der Waals surface area contributed by atoms with Crippen LogP contribution in [0.5, 0.6) is 0 Å². The maximum atomic E-state index is 11.5. The normalized spacial score (nSPS) is 9.80. The van der Waals surface area contributed by atoms with Crippen LogP contribution in [-0.2, 0) is 4.79 Å². The van der Waals surface area contributed by atoms with Crippen molar-refractivity contribution in [3.05, 3.63) is 24.3 Å². The second kappa shape index (κ2) is 5.39. The molecule has 1 aromatic rings. The number of hydrogen-bond donors (Lipinski definition) is 1. The van der Waals surface area contributed by atoms with Gasteiger partial charge in [0.15, 0.2) is 0 Å². The molecule has 1 rings (SSSR count). The van der Waals surface area contributed by atoms with Crippen molar-refractivity contribution in [1.82, 2.24) is 0 Å². The Morgan fingerprint density at radius 2 is 2.00 bits per heavy atom. The van der Waals surface area contributed by atoms with E-state index in [-0.39, 0.29) is 5.91 Å². The lowest BCUT2D eigenvalue weighted by Gasteiger charge is -2.17. The van der Waals surface area contributed by atoms with Crippen LogP contribution in [0.25, 0.3) is 0 Å². The number of carbonyl (C=O) groups is 1. The SMILES string of the molecule is CCCC(=O)Nc1ccccc1N(C)C.